The van der Waals surface area contributed by atoms with E-state index in [0.29, 0.717) is 5.69 Å². The molecule has 1 aliphatic rings. The van der Waals surface area contributed by atoms with Gasteiger partial charge in [0.2, 0.25) is 0 Å². The van der Waals surface area contributed by atoms with Gasteiger partial charge in [-0.2, -0.15) is 0 Å². The fourth-order valence-electron chi connectivity index (χ4n) is 2.77. The van der Waals surface area contributed by atoms with Crippen LogP contribution >= 0.6 is 15.9 Å². The van der Waals surface area contributed by atoms with Crippen LogP contribution in [0.15, 0.2) is 28.7 Å². The molecule has 0 atom stereocenters. The van der Waals surface area contributed by atoms with Crippen molar-refractivity contribution in [1.29, 1.82) is 0 Å². The zero-order valence-corrected chi connectivity index (χ0v) is 12.9. The SMILES string of the molecule is O=C(O)CC1(NC(=O)c2cc3ccc(Br)cc3[nH]2)CCC1. The number of fused-ring (bicyclic) bond motifs is 1. The van der Waals surface area contributed by atoms with Gasteiger partial charge in [0.15, 0.2) is 0 Å². The molecule has 110 valence electrons. The lowest BCUT2D eigenvalue weighted by Crippen LogP contribution is -2.54. The van der Waals surface area contributed by atoms with Gasteiger partial charge in [-0.05, 0) is 37.5 Å². The lowest BCUT2D eigenvalue weighted by molar-refractivity contribution is -0.139. The van der Waals surface area contributed by atoms with Crippen LogP contribution in [0.1, 0.15) is 36.2 Å². The highest BCUT2D eigenvalue weighted by Gasteiger charge is 2.40. The van der Waals surface area contributed by atoms with E-state index in [1.807, 2.05) is 18.2 Å². The molecule has 21 heavy (non-hydrogen) atoms. The standard InChI is InChI=1S/C15H15BrN2O3/c16-10-3-2-9-6-12(17-11(9)7-10)14(21)18-15(4-1-5-15)8-13(19)20/h2-3,6-7,17H,1,4-5,8H2,(H,18,21)(H,19,20). The molecular weight excluding hydrogens is 336 g/mol. The first-order valence-corrected chi connectivity index (χ1v) is 7.59. The summed E-state index contributed by atoms with van der Waals surface area (Å²) in [5.74, 6) is -1.13. The van der Waals surface area contributed by atoms with Crippen LogP contribution in [-0.2, 0) is 4.79 Å². The fourth-order valence-corrected chi connectivity index (χ4v) is 3.13. The molecule has 1 aromatic carbocycles. The minimum atomic E-state index is -0.879. The van der Waals surface area contributed by atoms with Gasteiger partial charge in [0.1, 0.15) is 5.69 Å². The Morgan fingerprint density at radius 2 is 2.10 bits per heavy atom. The summed E-state index contributed by atoms with van der Waals surface area (Å²) in [6.07, 6.45) is 2.37. The highest BCUT2D eigenvalue weighted by molar-refractivity contribution is 9.10. The number of amides is 1. The molecule has 0 radical (unpaired) electrons. The molecule has 0 aliphatic heterocycles. The quantitative estimate of drug-likeness (QED) is 0.792. The maximum atomic E-state index is 12.3. The molecule has 1 saturated carbocycles. The van der Waals surface area contributed by atoms with Crippen molar-refractivity contribution in [3.05, 3.63) is 34.4 Å². The lowest BCUT2D eigenvalue weighted by Gasteiger charge is -2.41. The van der Waals surface area contributed by atoms with Crippen molar-refractivity contribution in [1.82, 2.24) is 10.3 Å². The second-order valence-corrected chi connectivity index (χ2v) is 6.49. The van der Waals surface area contributed by atoms with E-state index >= 15 is 0 Å². The molecule has 0 spiro atoms. The number of benzene rings is 1. The van der Waals surface area contributed by atoms with Crippen molar-refractivity contribution >= 4 is 38.7 Å². The molecular formula is C15H15BrN2O3. The number of hydrogen-bond donors (Lipinski definition) is 3. The van der Waals surface area contributed by atoms with E-state index in [-0.39, 0.29) is 12.3 Å². The molecule has 3 rings (SSSR count). The summed E-state index contributed by atoms with van der Waals surface area (Å²) in [6.45, 7) is 0. The van der Waals surface area contributed by atoms with Gasteiger partial charge in [-0.25, -0.2) is 0 Å². The minimum Gasteiger partial charge on any atom is -0.481 e. The second kappa shape index (κ2) is 5.18. The van der Waals surface area contributed by atoms with E-state index in [9.17, 15) is 9.59 Å². The molecule has 5 nitrogen and oxygen atoms in total. The molecule has 3 N–H and O–H groups in total. The number of H-pyrrole nitrogens is 1. The van der Waals surface area contributed by atoms with Crippen molar-refractivity contribution in [3.8, 4) is 0 Å². The maximum absolute atomic E-state index is 12.3. The third kappa shape index (κ3) is 2.81. The van der Waals surface area contributed by atoms with Crippen molar-refractivity contribution in [2.75, 3.05) is 0 Å². The first kappa shape index (κ1) is 14.1. The van der Waals surface area contributed by atoms with Crippen LogP contribution in [0.4, 0.5) is 0 Å². The fraction of sp³-hybridized carbons (Fsp3) is 0.333. The topological polar surface area (TPSA) is 82.2 Å². The van der Waals surface area contributed by atoms with Crippen LogP contribution in [-0.4, -0.2) is 27.5 Å². The van der Waals surface area contributed by atoms with Gasteiger partial charge in [-0.3, -0.25) is 9.59 Å². The average molecular weight is 351 g/mol. The van der Waals surface area contributed by atoms with E-state index in [1.165, 1.54) is 0 Å². The van der Waals surface area contributed by atoms with E-state index in [4.69, 9.17) is 5.11 Å². The molecule has 2 aromatic rings. The van der Waals surface area contributed by atoms with Gasteiger partial charge in [0, 0.05) is 15.4 Å². The minimum absolute atomic E-state index is 0.0233. The van der Waals surface area contributed by atoms with Crippen molar-refractivity contribution in [2.24, 2.45) is 0 Å². The molecule has 1 aliphatic carbocycles. The number of aromatic nitrogens is 1. The first-order chi connectivity index (χ1) is 9.97. The smallest absolute Gasteiger partial charge is 0.305 e. The van der Waals surface area contributed by atoms with Crippen LogP contribution in [0, 0.1) is 0 Å². The average Bonchev–Trinajstić information content (AvgIpc) is 2.78. The van der Waals surface area contributed by atoms with Gasteiger partial charge >= 0.3 is 5.97 Å². The largest absolute Gasteiger partial charge is 0.481 e. The number of carboxylic acid groups (broad SMARTS) is 1. The Bertz CT molecular complexity index is 719. The van der Waals surface area contributed by atoms with E-state index < -0.39 is 11.5 Å². The number of carbonyl (C=O) groups is 2. The number of carboxylic acids is 1. The van der Waals surface area contributed by atoms with Crippen LogP contribution in [0.2, 0.25) is 0 Å². The Hall–Kier alpha value is -1.82. The Labute approximate surface area is 129 Å². The molecule has 0 saturated heterocycles. The highest BCUT2D eigenvalue weighted by atomic mass is 79.9. The third-order valence-corrected chi connectivity index (χ3v) is 4.50. The van der Waals surface area contributed by atoms with Gasteiger partial charge in [0.25, 0.3) is 5.91 Å². The number of aliphatic carboxylic acids is 1. The number of rotatable bonds is 4. The molecule has 1 aromatic heterocycles. The Balaban J connectivity index is 1.81. The van der Waals surface area contributed by atoms with Crippen molar-refractivity contribution < 1.29 is 14.7 Å². The summed E-state index contributed by atoms with van der Waals surface area (Å²) in [6, 6.07) is 7.52. The van der Waals surface area contributed by atoms with Gasteiger partial charge in [-0.15, -0.1) is 0 Å². The summed E-state index contributed by atoms with van der Waals surface area (Å²) in [5, 5.41) is 12.8. The maximum Gasteiger partial charge on any atom is 0.305 e. The summed E-state index contributed by atoms with van der Waals surface area (Å²) in [7, 11) is 0. The molecule has 0 unspecified atom stereocenters. The van der Waals surface area contributed by atoms with Crippen LogP contribution < -0.4 is 5.32 Å². The lowest BCUT2D eigenvalue weighted by atomic mass is 9.74. The van der Waals surface area contributed by atoms with Gasteiger partial charge in [0.05, 0.1) is 12.0 Å². The van der Waals surface area contributed by atoms with Gasteiger partial charge < -0.3 is 15.4 Å². The Kier molecular flexibility index (Phi) is 3.49. The number of nitrogens with one attached hydrogen (secondary N) is 2. The van der Waals surface area contributed by atoms with Crippen LogP contribution in [0.3, 0.4) is 0 Å². The normalized spacial score (nSPS) is 16.4. The van der Waals surface area contributed by atoms with E-state index in [2.05, 4.69) is 26.2 Å². The molecule has 6 heteroatoms. The summed E-state index contributed by atoms with van der Waals surface area (Å²) in [4.78, 5) is 26.4. The number of aromatic amines is 1. The number of carbonyl (C=O) groups excluding carboxylic acids is 1. The number of halogens is 1. The molecule has 1 fully saturated rings. The van der Waals surface area contributed by atoms with Crippen molar-refractivity contribution in [2.45, 2.75) is 31.2 Å². The zero-order chi connectivity index (χ0) is 15.0. The predicted octanol–water partition coefficient (Wildman–Crippen LogP) is 3.06. The van der Waals surface area contributed by atoms with Gasteiger partial charge in [-0.1, -0.05) is 22.0 Å². The van der Waals surface area contributed by atoms with Crippen LogP contribution in [0.5, 0.6) is 0 Å². The summed E-state index contributed by atoms with van der Waals surface area (Å²) in [5.41, 5.74) is 0.746. The Morgan fingerprint density at radius 3 is 2.71 bits per heavy atom. The predicted molar refractivity (Wildman–Crippen MR) is 82.3 cm³/mol. The van der Waals surface area contributed by atoms with E-state index in [1.54, 1.807) is 6.07 Å². The highest BCUT2D eigenvalue weighted by Crippen LogP contribution is 2.35. The molecule has 1 amide bonds. The number of hydrogen-bond acceptors (Lipinski definition) is 2. The van der Waals surface area contributed by atoms with Crippen molar-refractivity contribution in [3.63, 3.8) is 0 Å². The summed E-state index contributed by atoms with van der Waals surface area (Å²) >= 11 is 3.39. The zero-order valence-electron chi connectivity index (χ0n) is 11.3. The van der Waals surface area contributed by atoms with E-state index in [0.717, 1.165) is 34.6 Å². The second-order valence-electron chi connectivity index (χ2n) is 5.57. The first-order valence-electron chi connectivity index (χ1n) is 6.80. The van der Waals surface area contributed by atoms with Crippen LogP contribution in [0.25, 0.3) is 10.9 Å². The Morgan fingerprint density at radius 1 is 1.33 bits per heavy atom. The molecule has 1 heterocycles. The summed E-state index contributed by atoms with van der Waals surface area (Å²) < 4.78 is 0.935. The monoisotopic (exact) mass is 350 g/mol. The molecule has 0 bridgehead atoms. The third-order valence-electron chi connectivity index (χ3n) is 4.01.